The summed E-state index contributed by atoms with van der Waals surface area (Å²) in [7, 11) is 2.26. The Morgan fingerprint density at radius 1 is 1.11 bits per heavy atom. The van der Waals surface area contributed by atoms with Gasteiger partial charge in [0, 0.05) is 12.0 Å². The zero-order valence-corrected chi connectivity index (χ0v) is 18.0. The minimum atomic E-state index is 0.118. The molecule has 0 radical (unpaired) electrons. The van der Waals surface area contributed by atoms with E-state index < -0.39 is 0 Å². The summed E-state index contributed by atoms with van der Waals surface area (Å²) >= 11 is 1.58. The second-order valence-electron chi connectivity index (χ2n) is 8.24. The Kier molecular flexibility index (Phi) is 5.40. The number of fused-ring (bicyclic) bond motifs is 1. The van der Waals surface area contributed by atoms with Crippen LogP contribution in [-0.2, 0) is 6.42 Å². The van der Waals surface area contributed by atoms with Crippen molar-refractivity contribution in [1.29, 1.82) is 0 Å². The van der Waals surface area contributed by atoms with E-state index in [-0.39, 0.29) is 11.9 Å². The fraction of sp³-hybridized carbons (Fsp3) is 0.524. The molecule has 0 spiro atoms. The number of hydrogen-bond acceptors (Lipinski definition) is 4. The van der Waals surface area contributed by atoms with Crippen molar-refractivity contribution in [3.8, 4) is 5.88 Å². The zero-order valence-electron chi connectivity index (χ0n) is 17.2. The van der Waals surface area contributed by atoms with Crippen LogP contribution in [0.5, 0.6) is 5.88 Å². The van der Waals surface area contributed by atoms with Gasteiger partial charge in [0.15, 0.2) is 11.9 Å². The number of piperazine rings is 1. The first kappa shape index (κ1) is 19.4. The molecule has 1 fully saturated rings. The maximum absolute atomic E-state index is 11.0. The summed E-state index contributed by atoms with van der Waals surface area (Å²) in [6, 6.07) is 9.07. The van der Waals surface area contributed by atoms with E-state index in [1.165, 1.54) is 16.0 Å². The molecule has 2 aromatic heterocycles. The highest BCUT2D eigenvalue weighted by atomic mass is 32.1. The van der Waals surface area contributed by atoms with E-state index in [0.29, 0.717) is 5.92 Å². The fourth-order valence-electron chi connectivity index (χ4n) is 4.06. The smallest absolute Gasteiger partial charge is 0.235 e. The van der Waals surface area contributed by atoms with E-state index in [1.54, 1.807) is 20.8 Å². The van der Waals surface area contributed by atoms with Crippen molar-refractivity contribution in [3.05, 3.63) is 46.1 Å². The van der Waals surface area contributed by atoms with Crippen molar-refractivity contribution < 1.29 is 14.9 Å². The molecule has 7 heteroatoms. The molecule has 0 amide bonds. The van der Waals surface area contributed by atoms with Gasteiger partial charge >= 0.3 is 0 Å². The van der Waals surface area contributed by atoms with Crippen LogP contribution in [-0.4, -0.2) is 52.9 Å². The van der Waals surface area contributed by atoms with Crippen LogP contribution in [0.25, 0.3) is 4.96 Å². The van der Waals surface area contributed by atoms with Crippen LogP contribution < -0.4 is 9.80 Å². The zero-order chi connectivity index (χ0) is 19.8. The van der Waals surface area contributed by atoms with E-state index in [1.807, 2.05) is 6.92 Å². The third kappa shape index (κ3) is 3.54. The number of hydrogen-bond donors (Lipinski definition) is 3. The maximum Gasteiger partial charge on any atom is 0.235 e. The van der Waals surface area contributed by atoms with Crippen molar-refractivity contribution in [3.63, 3.8) is 0 Å². The monoisotopic (exact) mass is 401 g/mol. The van der Waals surface area contributed by atoms with Gasteiger partial charge in [-0.1, -0.05) is 56.4 Å². The highest BCUT2D eigenvalue weighted by Gasteiger charge is 2.35. The Balaban J connectivity index is 1.76. The minimum Gasteiger partial charge on any atom is -0.492 e. The molecule has 0 saturated carbocycles. The molecule has 1 saturated heterocycles. The fourth-order valence-corrected chi connectivity index (χ4v) is 5.22. The normalized spacial score (nSPS) is 21.5. The van der Waals surface area contributed by atoms with E-state index in [4.69, 9.17) is 0 Å². The number of benzene rings is 1. The molecule has 4 rings (SSSR count). The lowest BCUT2D eigenvalue weighted by atomic mass is 9.97. The Morgan fingerprint density at radius 2 is 1.75 bits per heavy atom. The van der Waals surface area contributed by atoms with Gasteiger partial charge in [-0.25, -0.2) is 4.98 Å². The summed E-state index contributed by atoms with van der Waals surface area (Å²) in [4.78, 5) is 9.43. The lowest BCUT2D eigenvalue weighted by Gasteiger charge is -2.33. The molecule has 28 heavy (non-hydrogen) atoms. The van der Waals surface area contributed by atoms with Crippen LogP contribution >= 0.6 is 11.3 Å². The van der Waals surface area contributed by atoms with Gasteiger partial charge in [0.05, 0.1) is 7.05 Å². The predicted molar refractivity (Wildman–Crippen MR) is 112 cm³/mol. The molecule has 3 aromatic rings. The van der Waals surface area contributed by atoms with Crippen LogP contribution in [0.3, 0.4) is 0 Å². The maximum atomic E-state index is 11.0. The van der Waals surface area contributed by atoms with E-state index in [2.05, 4.69) is 55.2 Å². The molecule has 3 N–H and O–H groups in total. The van der Waals surface area contributed by atoms with Gasteiger partial charge in [-0.05, 0) is 11.5 Å². The van der Waals surface area contributed by atoms with Gasteiger partial charge in [0.2, 0.25) is 10.8 Å². The molecule has 0 bridgehead atoms. The van der Waals surface area contributed by atoms with Crippen LogP contribution in [0, 0.1) is 0 Å². The second kappa shape index (κ2) is 7.81. The lowest BCUT2D eigenvalue weighted by molar-refractivity contribution is -1.02. The SMILES string of the molecule is CCc1nc2sc([C@@H](c3ccc(C(C)C)cc3)[NH+]3CC[NH+](C)CC3)c(O)n2n1. The summed E-state index contributed by atoms with van der Waals surface area (Å²) in [6.45, 7) is 11.0. The molecule has 1 aliphatic rings. The van der Waals surface area contributed by atoms with E-state index in [9.17, 15) is 5.11 Å². The number of aryl methyl sites for hydroxylation is 1. The molecule has 150 valence electrons. The number of aromatic hydroxyl groups is 1. The van der Waals surface area contributed by atoms with Gasteiger partial charge in [-0.3, -0.25) is 0 Å². The highest BCUT2D eigenvalue weighted by Crippen LogP contribution is 2.35. The first-order chi connectivity index (χ1) is 13.5. The molecule has 0 aliphatic carbocycles. The largest absolute Gasteiger partial charge is 0.492 e. The third-order valence-electron chi connectivity index (χ3n) is 5.91. The van der Waals surface area contributed by atoms with Crippen LogP contribution in [0.1, 0.15) is 54.6 Å². The van der Waals surface area contributed by atoms with Gasteiger partial charge in [-0.2, -0.15) is 4.52 Å². The average Bonchev–Trinajstić information content (AvgIpc) is 3.23. The van der Waals surface area contributed by atoms with Crippen molar-refractivity contribution in [2.75, 3.05) is 33.2 Å². The number of rotatable bonds is 5. The number of aromatic nitrogens is 3. The predicted octanol–water partition coefficient (Wildman–Crippen LogP) is 0.685. The van der Waals surface area contributed by atoms with E-state index >= 15 is 0 Å². The topological polar surface area (TPSA) is 59.3 Å². The minimum absolute atomic E-state index is 0.118. The Labute approximate surface area is 170 Å². The van der Waals surface area contributed by atoms with E-state index in [0.717, 1.165) is 48.3 Å². The Morgan fingerprint density at radius 3 is 2.32 bits per heavy atom. The first-order valence-electron chi connectivity index (χ1n) is 10.3. The summed E-state index contributed by atoms with van der Waals surface area (Å²) < 4.78 is 1.62. The first-order valence-corrected chi connectivity index (χ1v) is 11.1. The average molecular weight is 402 g/mol. The standard InChI is InChI=1S/C21H29N5OS/c1-5-17-22-21-26(23-17)20(27)19(28-21)18(25-12-10-24(4)11-13-25)16-8-6-15(7-9-16)14(2)3/h6-9,14,18,27H,5,10-13H2,1-4H3/p+2/t18-/m1/s1. The Bertz CT molecular complexity index is 938. The summed E-state index contributed by atoms with van der Waals surface area (Å²) in [5.41, 5.74) is 2.61. The van der Waals surface area contributed by atoms with Crippen molar-refractivity contribution in [1.82, 2.24) is 14.6 Å². The van der Waals surface area contributed by atoms with Gasteiger partial charge in [0.25, 0.3) is 0 Å². The van der Waals surface area contributed by atoms with Gasteiger partial charge in [0.1, 0.15) is 31.1 Å². The molecular weight excluding hydrogens is 370 g/mol. The number of likely N-dealkylation sites (N-methyl/N-ethyl adjacent to an activating group) is 1. The van der Waals surface area contributed by atoms with Gasteiger partial charge < -0.3 is 14.9 Å². The van der Waals surface area contributed by atoms with Crippen LogP contribution in [0.15, 0.2) is 24.3 Å². The second-order valence-corrected chi connectivity index (χ2v) is 9.24. The van der Waals surface area contributed by atoms with Crippen LogP contribution in [0.2, 0.25) is 0 Å². The molecule has 6 nitrogen and oxygen atoms in total. The molecule has 1 aliphatic heterocycles. The van der Waals surface area contributed by atoms with Gasteiger partial charge in [-0.15, -0.1) is 5.10 Å². The Hall–Kier alpha value is -1.96. The van der Waals surface area contributed by atoms with Crippen LogP contribution in [0.4, 0.5) is 0 Å². The molecule has 0 unspecified atom stereocenters. The van der Waals surface area contributed by atoms with Crippen molar-refractivity contribution in [2.45, 2.75) is 39.2 Å². The number of nitrogens with one attached hydrogen (secondary N) is 2. The molecule has 3 heterocycles. The molecular formula is C21H31N5OS+2. The summed E-state index contributed by atoms with van der Waals surface area (Å²) in [5.74, 6) is 1.55. The molecule has 1 aromatic carbocycles. The highest BCUT2D eigenvalue weighted by molar-refractivity contribution is 7.17. The summed E-state index contributed by atoms with van der Waals surface area (Å²) in [6.07, 6.45) is 0.774. The summed E-state index contributed by atoms with van der Waals surface area (Å²) in [5, 5.41) is 15.5. The number of nitrogens with zero attached hydrogens (tertiary/aromatic N) is 3. The number of quaternary nitrogens is 2. The lowest BCUT2D eigenvalue weighted by Crippen LogP contribution is -3.27. The third-order valence-corrected chi connectivity index (χ3v) is 7.00. The van der Waals surface area contributed by atoms with Crippen molar-refractivity contribution >= 4 is 16.3 Å². The number of thiazole rings is 1. The van der Waals surface area contributed by atoms with Crippen molar-refractivity contribution in [2.24, 2.45) is 0 Å². The quantitative estimate of drug-likeness (QED) is 0.589. The molecule has 1 atom stereocenters.